The van der Waals surface area contributed by atoms with E-state index in [4.69, 9.17) is 5.73 Å². The van der Waals surface area contributed by atoms with Gasteiger partial charge in [0.05, 0.1) is 11.3 Å². The van der Waals surface area contributed by atoms with E-state index in [1.807, 2.05) is 0 Å². The van der Waals surface area contributed by atoms with Gasteiger partial charge in [0.1, 0.15) is 3.70 Å². The lowest BCUT2D eigenvalue weighted by molar-refractivity contribution is -0.137. The number of nitrogens with zero attached hydrogens (tertiary/aromatic N) is 1. The van der Waals surface area contributed by atoms with Crippen molar-refractivity contribution in [3.63, 3.8) is 0 Å². The van der Waals surface area contributed by atoms with Crippen molar-refractivity contribution in [1.29, 1.82) is 0 Å². The van der Waals surface area contributed by atoms with Gasteiger partial charge in [-0.15, -0.1) is 0 Å². The quantitative estimate of drug-likeness (QED) is 0.587. The van der Waals surface area contributed by atoms with Gasteiger partial charge in [0, 0.05) is 6.20 Å². The van der Waals surface area contributed by atoms with E-state index in [9.17, 15) is 13.2 Å². The zero-order valence-corrected chi connectivity index (χ0v) is 7.85. The highest BCUT2D eigenvalue weighted by Gasteiger charge is 2.33. The van der Waals surface area contributed by atoms with Crippen LogP contribution in [-0.4, -0.2) is 4.98 Å². The van der Waals surface area contributed by atoms with Gasteiger partial charge in [0.2, 0.25) is 0 Å². The first-order chi connectivity index (χ1) is 5.43. The van der Waals surface area contributed by atoms with Crippen molar-refractivity contribution in [2.75, 3.05) is 5.73 Å². The number of alkyl halides is 3. The highest BCUT2D eigenvalue weighted by Crippen LogP contribution is 2.34. The Hall–Kier alpha value is -0.530. The normalized spacial score (nSPS) is 11.7. The van der Waals surface area contributed by atoms with E-state index in [1.54, 1.807) is 22.6 Å². The molecule has 0 spiro atoms. The minimum atomic E-state index is -4.40. The van der Waals surface area contributed by atoms with Crippen LogP contribution in [0.2, 0.25) is 0 Å². The zero-order valence-electron chi connectivity index (χ0n) is 5.69. The maximum atomic E-state index is 12.1. The minimum Gasteiger partial charge on any atom is -0.396 e. The highest BCUT2D eigenvalue weighted by atomic mass is 127. The summed E-state index contributed by atoms with van der Waals surface area (Å²) in [5.41, 5.74) is 4.03. The fourth-order valence-electron chi connectivity index (χ4n) is 0.695. The summed E-state index contributed by atoms with van der Waals surface area (Å²) in [6, 6.07) is 0.859. The van der Waals surface area contributed by atoms with Crippen molar-refractivity contribution in [3.05, 3.63) is 21.5 Å². The molecular weight excluding hydrogens is 284 g/mol. The van der Waals surface area contributed by atoms with Crippen molar-refractivity contribution in [2.24, 2.45) is 0 Å². The Bertz CT molecular complexity index is 297. The summed E-state index contributed by atoms with van der Waals surface area (Å²) in [5, 5.41) is 0. The van der Waals surface area contributed by atoms with Crippen LogP contribution in [0, 0.1) is 3.70 Å². The first-order valence-corrected chi connectivity index (χ1v) is 3.98. The Morgan fingerprint density at radius 2 is 2.00 bits per heavy atom. The van der Waals surface area contributed by atoms with Crippen LogP contribution >= 0.6 is 22.6 Å². The third-order valence-corrected chi connectivity index (χ3v) is 2.11. The molecule has 0 aliphatic heterocycles. The largest absolute Gasteiger partial charge is 0.418 e. The van der Waals surface area contributed by atoms with Gasteiger partial charge in [-0.05, 0) is 28.7 Å². The number of pyridine rings is 1. The SMILES string of the molecule is Nc1c(C(F)(F)F)ccnc1I. The lowest BCUT2D eigenvalue weighted by Gasteiger charge is -2.09. The number of nitrogen functional groups attached to an aromatic ring is 1. The van der Waals surface area contributed by atoms with E-state index >= 15 is 0 Å². The molecule has 6 heteroatoms. The van der Waals surface area contributed by atoms with Gasteiger partial charge >= 0.3 is 6.18 Å². The molecule has 12 heavy (non-hydrogen) atoms. The topological polar surface area (TPSA) is 38.9 Å². The van der Waals surface area contributed by atoms with Gasteiger partial charge in [0.15, 0.2) is 0 Å². The van der Waals surface area contributed by atoms with Crippen LogP contribution in [0.3, 0.4) is 0 Å². The van der Waals surface area contributed by atoms with E-state index < -0.39 is 11.7 Å². The number of halogens is 4. The Balaban J connectivity index is 3.26. The van der Waals surface area contributed by atoms with Crippen LogP contribution in [0.25, 0.3) is 0 Å². The molecular formula is C6H4F3IN2. The molecule has 0 saturated carbocycles. The number of nitrogens with two attached hydrogens (primary N) is 1. The maximum Gasteiger partial charge on any atom is 0.418 e. The van der Waals surface area contributed by atoms with Crippen molar-refractivity contribution in [2.45, 2.75) is 6.18 Å². The molecule has 0 amide bonds. The summed E-state index contributed by atoms with van der Waals surface area (Å²) in [6.07, 6.45) is -3.31. The van der Waals surface area contributed by atoms with Crippen LogP contribution < -0.4 is 5.73 Å². The van der Waals surface area contributed by atoms with E-state index in [-0.39, 0.29) is 9.39 Å². The second kappa shape index (κ2) is 3.08. The molecule has 1 heterocycles. The third kappa shape index (κ3) is 1.79. The smallest absolute Gasteiger partial charge is 0.396 e. The fraction of sp³-hybridized carbons (Fsp3) is 0.167. The zero-order chi connectivity index (χ0) is 9.35. The first-order valence-electron chi connectivity index (χ1n) is 2.90. The van der Waals surface area contributed by atoms with E-state index in [1.165, 1.54) is 0 Å². The average Bonchev–Trinajstić information content (AvgIpc) is 1.92. The van der Waals surface area contributed by atoms with Gasteiger partial charge < -0.3 is 5.73 Å². The van der Waals surface area contributed by atoms with E-state index in [0.29, 0.717) is 0 Å². The standard InChI is InChI=1S/C6H4F3IN2/c7-6(8,9)3-1-2-12-5(10)4(3)11/h1-2H,11H2. The van der Waals surface area contributed by atoms with Crippen LogP contribution in [0.1, 0.15) is 5.56 Å². The third-order valence-electron chi connectivity index (χ3n) is 1.25. The van der Waals surface area contributed by atoms with Gasteiger partial charge in [-0.3, -0.25) is 0 Å². The summed E-state index contributed by atoms with van der Waals surface area (Å²) >= 11 is 1.65. The van der Waals surface area contributed by atoms with Crippen molar-refractivity contribution in [1.82, 2.24) is 4.98 Å². The summed E-state index contributed by atoms with van der Waals surface area (Å²) in [4.78, 5) is 3.61. The average molecular weight is 288 g/mol. The fourth-order valence-corrected chi connectivity index (χ4v) is 1.15. The molecule has 2 N–H and O–H groups in total. The van der Waals surface area contributed by atoms with Crippen LogP contribution in [0.4, 0.5) is 18.9 Å². The Morgan fingerprint density at radius 1 is 1.42 bits per heavy atom. The summed E-state index contributed by atoms with van der Waals surface area (Å²) < 4.78 is 36.5. The van der Waals surface area contributed by atoms with Crippen molar-refractivity contribution >= 4 is 28.3 Å². The second-order valence-electron chi connectivity index (χ2n) is 2.06. The Kier molecular flexibility index (Phi) is 2.45. The molecule has 0 unspecified atom stereocenters. The molecule has 0 aliphatic carbocycles. The molecule has 0 aliphatic rings. The molecule has 0 fully saturated rings. The maximum absolute atomic E-state index is 12.1. The van der Waals surface area contributed by atoms with Crippen molar-refractivity contribution < 1.29 is 13.2 Å². The van der Waals surface area contributed by atoms with Crippen LogP contribution in [-0.2, 0) is 6.18 Å². The Labute approximate surface area is 80.1 Å². The molecule has 0 atom stereocenters. The summed E-state index contributed by atoms with van der Waals surface area (Å²) in [5.74, 6) is 0. The van der Waals surface area contributed by atoms with Gasteiger partial charge in [-0.1, -0.05) is 0 Å². The lowest BCUT2D eigenvalue weighted by Crippen LogP contribution is -2.10. The molecule has 0 bridgehead atoms. The monoisotopic (exact) mass is 288 g/mol. The minimum absolute atomic E-state index is 0.169. The molecule has 0 aromatic carbocycles. The molecule has 1 rings (SSSR count). The predicted molar refractivity (Wildman–Crippen MR) is 46.4 cm³/mol. The summed E-state index contributed by atoms with van der Waals surface area (Å²) in [6.45, 7) is 0. The number of hydrogen-bond acceptors (Lipinski definition) is 2. The molecule has 2 nitrogen and oxygen atoms in total. The lowest BCUT2D eigenvalue weighted by atomic mass is 10.2. The van der Waals surface area contributed by atoms with Gasteiger partial charge in [0.25, 0.3) is 0 Å². The van der Waals surface area contributed by atoms with Crippen molar-refractivity contribution in [3.8, 4) is 0 Å². The summed E-state index contributed by atoms with van der Waals surface area (Å²) in [7, 11) is 0. The van der Waals surface area contributed by atoms with Crippen LogP contribution in [0.5, 0.6) is 0 Å². The van der Waals surface area contributed by atoms with E-state index in [0.717, 1.165) is 12.3 Å². The Morgan fingerprint density at radius 3 is 2.42 bits per heavy atom. The highest BCUT2D eigenvalue weighted by molar-refractivity contribution is 14.1. The van der Waals surface area contributed by atoms with Gasteiger partial charge in [-0.2, -0.15) is 13.2 Å². The molecule has 1 aromatic rings. The first kappa shape index (κ1) is 9.56. The predicted octanol–water partition coefficient (Wildman–Crippen LogP) is 2.29. The second-order valence-corrected chi connectivity index (χ2v) is 3.08. The van der Waals surface area contributed by atoms with Gasteiger partial charge in [-0.25, -0.2) is 4.98 Å². The number of hydrogen-bond donors (Lipinski definition) is 1. The number of aromatic nitrogens is 1. The number of rotatable bonds is 0. The molecule has 66 valence electrons. The number of anilines is 1. The molecule has 1 aromatic heterocycles. The van der Waals surface area contributed by atoms with E-state index in [2.05, 4.69) is 4.98 Å². The molecule has 0 radical (unpaired) electrons. The molecule has 0 saturated heterocycles. The van der Waals surface area contributed by atoms with Crippen LogP contribution in [0.15, 0.2) is 12.3 Å².